The van der Waals surface area contributed by atoms with E-state index in [-0.39, 0.29) is 0 Å². The fourth-order valence-electron chi connectivity index (χ4n) is 2.87. The van der Waals surface area contributed by atoms with Crippen molar-refractivity contribution in [3.05, 3.63) is 10.0 Å². The molecular formula is C12H20N4OS. The Morgan fingerprint density at radius 3 is 3.00 bits per heavy atom. The summed E-state index contributed by atoms with van der Waals surface area (Å²) in [6, 6.07) is 1.12. The minimum Gasteiger partial charge on any atom is -0.378 e. The van der Waals surface area contributed by atoms with Gasteiger partial charge in [0.2, 0.25) is 0 Å². The number of hydrogen-bond donors (Lipinski definition) is 0. The van der Waals surface area contributed by atoms with Crippen LogP contribution in [0, 0.1) is 6.92 Å². The van der Waals surface area contributed by atoms with Gasteiger partial charge in [0.15, 0.2) is 0 Å². The van der Waals surface area contributed by atoms with Crippen molar-refractivity contribution in [2.45, 2.75) is 32.5 Å². The van der Waals surface area contributed by atoms with E-state index in [9.17, 15) is 0 Å². The highest BCUT2D eigenvalue weighted by Crippen LogP contribution is 2.20. The SMILES string of the molecule is Cc1nnc(CN2CCN3[C@@H](COC[C@@H]3C)C2)s1. The number of aryl methyl sites for hydroxylation is 1. The topological polar surface area (TPSA) is 41.5 Å². The van der Waals surface area contributed by atoms with Gasteiger partial charge in [-0.05, 0) is 13.8 Å². The lowest BCUT2D eigenvalue weighted by Crippen LogP contribution is -2.60. The van der Waals surface area contributed by atoms with Gasteiger partial charge in [0.05, 0.1) is 19.8 Å². The standard InChI is InChI=1S/C12H20N4OS/c1-9-7-17-8-11-5-15(3-4-16(9)11)6-12-14-13-10(2)18-12/h9,11H,3-8H2,1-2H3/t9-,11+/m0/s1. The summed E-state index contributed by atoms with van der Waals surface area (Å²) in [4.78, 5) is 5.06. The Balaban J connectivity index is 1.60. The van der Waals surface area contributed by atoms with Crippen molar-refractivity contribution >= 4 is 11.3 Å². The van der Waals surface area contributed by atoms with Crippen molar-refractivity contribution in [2.75, 3.05) is 32.8 Å². The summed E-state index contributed by atoms with van der Waals surface area (Å²) in [5.74, 6) is 0. The average molecular weight is 268 g/mol. The van der Waals surface area contributed by atoms with Gasteiger partial charge in [-0.3, -0.25) is 9.80 Å². The van der Waals surface area contributed by atoms with Crippen LogP contribution in [-0.2, 0) is 11.3 Å². The molecule has 2 atom stereocenters. The predicted octanol–water partition coefficient (Wildman–Crippen LogP) is 0.751. The highest BCUT2D eigenvalue weighted by Gasteiger charge is 2.33. The summed E-state index contributed by atoms with van der Waals surface area (Å²) < 4.78 is 5.66. The number of rotatable bonds is 2. The molecule has 2 saturated heterocycles. The number of fused-ring (bicyclic) bond motifs is 1. The third-order valence-electron chi connectivity index (χ3n) is 3.77. The maximum Gasteiger partial charge on any atom is 0.131 e. The van der Waals surface area contributed by atoms with Crippen LogP contribution in [0.5, 0.6) is 0 Å². The van der Waals surface area contributed by atoms with Crippen molar-refractivity contribution in [2.24, 2.45) is 0 Å². The molecule has 0 aliphatic carbocycles. The molecule has 0 aromatic carbocycles. The Kier molecular flexibility index (Phi) is 3.61. The maximum absolute atomic E-state index is 5.66. The first-order valence-corrected chi connectivity index (χ1v) is 7.39. The molecule has 100 valence electrons. The monoisotopic (exact) mass is 268 g/mol. The molecule has 0 spiro atoms. The van der Waals surface area contributed by atoms with Crippen molar-refractivity contribution in [3.63, 3.8) is 0 Å². The van der Waals surface area contributed by atoms with Crippen LogP contribution in [0.4, 0.5) is 0 Å². The molecule has 1 aromatic rings. The van der Waals surface area contributed by atoms with Crippen molar-refractivity contribution in [1.82, 2.24) is 20.0 Å². The zero-order valence-corrected chi connectivity index (χ0v) is 11.8. The molecule has 6 heteroatoms. The Hall–Kier alpha value is -0.560. The Morgan fingerprint density at radius 2 is 2.22 bits per heavy atom. The molecule has 2 aliphatic heterocycles. The van der Waals surface area contributed by atoms with Crippen molar-refractivity contribution in [3.8, 4) is 0 Å². The minimum atomic E-state index is 0.552. The van der Waals surface area contributed by atoms with Gasteiger partial charge >= 0.3 is 0 Å². The zero-order chi connectivity index (χ0) is 12.5. The molecule has 0 bridgehead atoms. The first-order valence-electron chi connectivity index (χ1n) is 6.57. The van der Waals surface area contributed by atoms with Gasteiger partial charge in [-0.25, -0.2) is 0 Å². The van der Waals surface area contributed by atoms with Gasteiger partial charge in [0.1, 0.15) is 10.0 Å². The number of nitrogens with zero attached hydrogens (tertiary/aromatic N) is 4. The quantitative estimate of drug-likeness (QED) is 0.792. The summed E-state index contributed by atoms with van der Waals surface area (Å²) in [6.07, 6.45) is 0. The van der Waals surface area contributed by atoms with Crippen LogP contribution in [0.15, 0.2) is 0 Å². The smallest absolute Gasteiger partial charge is 0.131 e. The van der Waals surface area contributed by atoms with Crippen LogP contribution in [0.2, 0.25) is 0 Å². The van der Waals surface area contributed by atoms with E-state index in [1.54, 1.807) is 11.3 Å². The molecule has 0 amide bonds. The van der Waals surface area contributed by atoms with E-state index in [4.69, 9.17) is 4.74 Å². The fraction of sp³-hybridized carbons (Fsp3) is 0.833. The number of piperazine rings is 1. The van der Waals surface area contributed by atoms with E-state index in [1.807, 2.05) is 6.92 Å². The third-order valence-corrected chi connectivity index (χ3v) is 4.60. The number of aromatic nitrogens is 2. The van der Waals surface area contributed by atoms with E-state index < -0.39 is 0 Å². The van der Waals surface area contributed by atoms with E-state index in [2.05, 4.69) is 26.9 Å². The van der Waals surface area contributed by atoms with Crippen LogP contribution < -0.4 is 0 Å². The highest BCUT2D eigenvalue weighted by atomic mass is 32.1. The fourth-order valence-corrected chi connectivity index (χ4v) is 3.62. The van der Waals surface area contributed by atoms with Gasteiger partial charge in [-0.15, -0.1) is 21.5 Å². The first kappa shape index (κ1) is 12.5. The van der Waals surface area contributed by atoms with Gasteiger partial charge in [0, 0.05) is 31.7 Å². The molecule has 0 radical (unpaired) electrons. The van der Waals surface area contributed by atoms with E-state index in [0.29, 0.717) is 12.1 Å². The van der Waals surface area contributed by atoms with Crippen molar-refractivity contribution < 1.29 is 4.74 Å². The molecule has 0 N–H and O–H groups in total. The van der Waals surface area contributed by atoms with Crippen LogP contribution in [0.1, 0.15) is 16.9 Å². The molecule has 5 nitrogen and oxygen atoms in total. The molecular weight excluding hydrogens is 248 g/mol. The van der Waals surface area contributed by atoms with Gasteiger partial charge in [0.25, 0.3) is 0 Å². The second-order valence-corrected chi connectivity index (χ2v) is 6.49. The van der Waals surface area contributed by atoms with Crippen molar-refractivity contribution in [1.29, 1.82) is 0 Å². The second kappa shape index (κ2) is 5.21. The Labute approximate surface area is 112 Å². The lowest BCUT2D eigenvalue weighted by molar-refractivity contribution is -0.0766. The first-order chi connectivity index (χ1) is 8.72. The summed E-state index contributed by atoms with van der Waals surface area (Å²) in [7, 11) is 0. The molecule has 2 fully saturated rings. The van der Waals surface area contributed by atoms with Crippen LogP contribution in [0.25, 0.3) is 0 Å². The lowest BCUT2D eigenvalue weighted by atomic mass is 10.1. The maximum atomic E-state index is 5.66. The average Bonchev–Trinajstić information content (AvgIpc) is 2.75. The van der Waals surface area contributed by atoms with Gasteiger partial charge < -0.3 is 4.74 Å². The van der Waals surface area contributed by atoms with Crippen LogP contribution >= 0.6 is 11.3 Å². The molecule has 0 unspecified atom stereocenters. The minimum absolute atomic E-state index is 0.552. The Morgan fingerprint density at radius 1 is 1.33 bits per heavy atom. The van der Waals surface area contributed by atoms with Gasteiger partial charge in [-0.1, -0.05) is 0 Å². The van der Waals surface area contributed by atoms with Gasteiger partial charge in [-0.2, -0.15) is 0 Å². The Bertz CT molecular complexity index is 411. The summed E-state index contributed by atoms with van der Waals surface area (Å²) in [5.41, 5.74) is 0. The predicted molar refractivity (Wildman–Crippen MR) is 70.7 cm³/mol. The lowest BCUT2D eigenvalue weighted by Gasteiger charge is -2.46. The number of morpholine rings is 1. The normalized spacial score (nSPS) is 30.3. The van der Waals surface area contributed by atoms with E-state index in [0.717, 1.165) is 49.4 Å². The highest BCUT2D eigenvalue weighted by molar-refractivity contribution is 7.11. The van der Waals surface area contributed by atoms with E-state index in [1.165, 1.54) is 0 Å². The molecule has 3 heterocycles. The van der Waals surface area contributed by atoms with E-state index >= 15 is 0 Å². The van der Waals surface area contributed by atoms with Crippen LogP contribution in [0.3, 0.4) is 0 Å². The largest absolute Gasteiger partial charge is 0.378 e. The summed E-state index contributed by atoms with van der Waals surface area (Å²) >= 11 is 1.70. The molecule has 1 aromatic heterocycles. The summed E-state index contributed by atoms with van der Waals surface area (Å²) in [5, 5.41) is 10.5. The summed E-state index contributed by atoms with van der Waals surface area (Å²) in [6.45, 7) is 10.3. The zero-order valence-electron chi connectivity index (χ0n) is 11.0. The molecule has 0 saturated carbocycles. The second-order valence-electron chi connectivity index (χ2n) is 5.23. The number of ether oxygens (including phenoxy) is 1. The molecule has 2 aliphatic rings. The molecule has 18 heavy (non-hydrogen) atoms. The third kappa shape index (κ3) is 2.56. The number of hydrogen-bond acceptors (Lipinski definition) is 6. The van der Waals surface area contributed by atoms with Crippen LogP contribution in [-0.4, -0.2) is 64.9 Å². The molecule has 3 rings (SSSR count).